The average Bonchev–Trinajstić information content (AvgIpc) is 3.00. The van der Waals surface area contributed by atoms with Crippen LogP contribution in [0.1, 0.15) is 98.8 Å². The highest BCUT2D eigenvalue weighted by Gasteiger charge is 2.63. The molecule has 0 aromatic heterocycles. The molecule has 0 aromatic carbocycles. The number of aliphatic hydroxyl groups is 3. The van der Waals surface area contributed by atoms with E-state index in [-0.39, 0.29) is 17.6 Å². The van der Waals surface area contributed by atoms with E-state index < -0.39 is 5.60 Å². The van der Waals surface area contributed by atoms with Gasteiger partial charge < -0.3 is 15.3 Å². The molecule has 0 unspecified atom stereocenters. The van der Waals surface area contributed by atoms with Gasteiger partial charge in [-0.15, -0.1) is 0 Å². The molecule has 168 valence electrons. The summed E-state index contributed by atoms with van der Waals surface area (Å²) in [5.41, 5.74) is -0.241. The second-order valence-corrected chi connectivity index (χ2v) is 12.7. The first-order valence-corrected chi connectivity index (χ1v) is 12.6. The number of aliphatic hydroxyl groups excluding tert-OH is 2. The quantitative estimate of drug-likeness (QED) is 0.604. The third kappa shape index (κ3) is 3.61. The molecule has 4 fully saturated rings. The lowest BCUT2D eigenvalue weighted by Gasteiger charge is -2.62. The minimum atomic E-state index is -0.595. The molecule has 0 amide bonds. The van der Waals surface area contributed by atoms with Crippen LogP contribution in [0.5, 0.6) is 0 Å². The lowest BCUT2D eigenvalue weighted by Crippen LogP contribution is -2.58. The SMILES string of the molecule is C[C@H](CCC(C)(C)O)[C@H]1CC[C@H]2[C@@H]3CC[C@H]4C[C@H](O)CC[C@]4(C)[C@H]3C[C@H](O)[C@]12C. The van der Waals surface area contributed by atoms with Crippen molar-refractivity contribution < 1.29 is 15.3 Å². The van der Waals surface area contributed by atoms with Gasteiger partial charge in [0.2, 0.25) is 0 Å². The maximum absolute atomic E-state index is 11.6. The summed E-state index contributed by atoms with van der Waals surface area (Å²) >= 11 is 0. The summed E-state index contributed by atoms with van der Waals surface area (Å²) in [6.07, 6.45) is 10.7. The molecule has 0 aliphatic heterocycles. The number of fused-ring (bicyclic) bond motifs is 5. The Balaban J connectivity index is 1.54. The smallest absolute Gasteiger partial charge is 0.0602 e. The summed E-state index contributed by atoms with van der Waals surface area (Å²) in [6.45, 7) is 11.1. The highest BCUT2D eigenvalue weighted by atomic mass is 16.3. The molecule has 0 spiro atoms. The highest BCUT2D eigenvalue weighted by molar-refractivity contribution is 5.12. The van der Waals surface area contributed by atoms with Crippen LogP contribution in [0.15, 0.2) is 0 Å². The van der Waals surface area contributed by atoms with Crippen LogP contribution in [-0.4, -0.2) is 33.1 Å². The summed E-state index contributed by atoms with van der Waals surface area (Å²) < 4.78 is 0. The van der Waals surface area contributed by atoms with Crippen molar-refractivity contribution in [1.82, 2.24) is 0 Å². The molecule has 0 bridgehead atoms. The van der Waals surface area contributed by atoms with Gasteiger partial charge in [-0.1, -0.05) is 20.8 Å². The zero-order chi connectivity index (χ0) is 21.2. The zero-order valence-electron chi connectivity index (χ0n) is 19.5. The fourth-order valence-electron chi connectivity index (χ4n) is 8.94. The van der Waals surface area contributed by atoms with Crippen LogP contribution in [-0.2, 0) is 0 Å². The monoisotopic (exact) mass is 406 g/mol. The predicted octanol–water partition coefficient (Wildman–Crippen LogP) is 5.16. The van der Waals surface area contributed by atoms with E-state index in [1.54, 1.807) is 0 Å². The first kappa shape index (κ1) is 22.1. The van der Waals surface area contributed by atoms with E-state index in [2.05, 4.69) is 20.8 Å². The second kappa shape index (κ2) is 7.48. The van der Waals surface area contributed by atoms with E-state index in [1.165, 1.54) is 25.7 Å². The lowest BCUT2D eigenvalue weighted by atomic mass is 9.43. The molecule has 4 saturated carbocycles. The van der Waals surface area contributed by atoms with Crippen molar-refractivity contribution in [1.29, 1.82) is 0 Å². The van der Waals surface area contributed by atoms with Gasteiger partial charge in [-0.2, -0.15) is 0 Å². The van der Waals surface area contributed by atoms with Crippen LogP contribution in [0.3, 0.4) is 0 Å². The molecule has 0 aromatic rings. The number of rotatable bonds is 4. The summed E-state index contributed by atoms with van der Waals surface area (Å²) in [4.78, 5) is 0. The van der Waals surface area contributed by atoms with Crippen molar-refractivity contribution in [2.24, 2.45) is 46.3 Å². The first-order chi connectivity index (χ1) is 13.5. The average molecular weight is 407 g/mol. The maximum Gasteiger partial charge on any atom is 0.0602 e. The zero-order valence-corrected chi connectivity index (χ0v) is 19.5. The van der Waals surface area contributed by atoms with Crippen LogP contribution >= 0.6 is 0 Å². The van der Waals surface area contributed by atoms with E-state index in [0.717, 1.165) is 44.4 Å². The van der Waals surface area contributed by atoms with E-state index in [0.29, 0.717) is 35.0 Å². The fraction of sp³-hybridized carbons (Fsp3) is 1.00. The number of hydrogen-bond acceptors (Lipinski definition) is 3. The molecule has 4 aliphatic carbocycles. The normalized spacial score (nSPS) is 51.1. The van der Waals surface area contributed by atoms with Crippen molar-refractivity contribution >= 4 is 0 Å². The Morgan fingerprint density at radius 2 is 1.69 bits per heavy atom. The van der Waals surface area contributed by atoms with Gasteiger partial charge in [0.25, 0.3) is 0 Å². The predicted molar refractivity (Wildman–Crippen MR) is 117 cm³/mol. The van der Waals surface area contributed by atoms with E-state index in [9.17, 15) is 15.3 Å². The van der Waals surface area contributed by atoms with Gasteiger partial charge in [0.05, 0.1) is 17.8 Å². The number of hydrogen-bond donors (Lipinski definition) is 3. The molecule has 3 heteroatoms. The molecule has 10 atom stereocenters. The highest BCUT2D eigenvalue weighted by Crippen LogP contribution is 2.68. The van der Waals surface area contributed by atoms with Gasteiger partial charge in [-0.3, -0.25) is 0 Å². The summed E-state index contributed by atoms with van der Waals surface area (Å²) in [5.74, 6) is 3.81. The van der Waals surface area contributed by atoms with Crippen molar-refractivity contribution in [3.05, 3.63) is 0 Å². The van der Waals surface area contributed by atoms with Crippen molar-refractivity contribution in [3.63, 3.8) is 0 Å². The Labute approximate surface area is 178 Å². The van der Waals surface area contributed by atoms with Crippen LogP contribution in [0.2, 0.25) is 0 Å². The lowest BCUT2D eigenvalue weighted by molar-refractivity contribution is -0.175. The summed E-state index contributed by atoms with van der Waals surface area (Å²) in [5, 5.41) is 32.0. The molecule has 0 saturated heterocycles. The minimum absolute atomic E-state index is 0.0392. The standard InChI is InChI=1S/C26H46O3/c1-16(10-12-24(2,3)29)20-8-9-21-19-7-6-17-14-18(27)11-13-25(17,4)22(19)15-23(28)26(20,21)5/h16-23,27-29H,6-15H2,1-5H3/t16-,17+,18-,19+,20-,21+,22+,23+,25+,26-/m1/s1. The van der Waals surface area contributed by atoms with Crippen LogP contribution in [0.25, 0.3) is 0 Å². The molecule has 4 aliphatic rings. The van der Waals surface area contributed by atoms with Gasteiger partial charge in [-0.05, 0) is 124 Å². The Morgan fingerprint density at radius 1 is 0.966 bits per heavy atom. The Morgan fingerprint density at radius 3 is 2.38 bits per heavy atom. The molecule has 4 rings (SSSR count). The molecule has 0 heterocycles. The van der Waals surface area contributed by atoms with Crippen molar-refractivity contribution in [3.8, 4) is 0 Å². The molecule has 29 heavy (non-hydrogen) atoms. The first-order valence-electron chi connectivity index (χ1n) is 12.6. The molecular weight excluding hydrogens is 360 g/mol. The fourth-order valence-corrected chi connectivity index (χ4v) is 8.94. The third-order valence-corrected chi connectivity index (χ3v) is 10.7. The summed E-state index contributed by atoms with van der Waals surface area (Å²) in [6, 6.07) is 0. The minimum Gasteiger partial charge on any atom is -0.393 e. The third-order valence-electron chi connectivity index (χ3n) is 10.7. The van der Waals surface area contributed by atoms with Gasteiger partial charge in [0, 0.05) is 0 Å². The van der Waals surface area contributed by atoms with E-state index in [4.69, 9.17) is 0 Å². The van der Waals surface area contributed by atoms with Crippen molar-refractivity contribution in [2.45, 2.75) is 117 Å². The molecule has 3 N–H and O–H groups in total. The Kier molecular flexibility index (Phi) is 5.70. The van der Waals surface area contributed by atoms with E-state index >= 15 is 0 Å². The van der Waals surface area contributed by atoms with Crippen LogP contribution < -0.4 is 0 Å². The molecule has 0 radical (unpaired) electrons. The van der Waals surface area contributed by atoms with Crippen molar-refractivity contribution in [2.75, 3.05) is 0 Å². The Bertz CT molecular complexity index is 597. The molecular formula is C26H46O3. The largest absolute Gasteiger partial charge is 0.393 e. The van der Waals surface area contributed by atoms with Crippen LogP contribution in [0.4, 0.5) is 0 Å². The second-order valence-electron chi connectivity index (χ2n) is 12.7. The molecule has 3 nitrogen and oxygen atoms in total. The van der Waals surface area contributed by atoms with Gasteiger partial charge >= 0.3 is 0 Å². The van der Waals surface area contributed by atoms with Crippen LogP contribution in [0, 0.1) is 46.3 Å². The topological polar surface area (TPSA) is 60.7 Å². The van der Waals surface area contributed by atoms with Gasteiger partial charge in [0.1, 0.15) is 0 Å². The van der Waals surface area contributed by atoms with Gasteiger partial charge in [0.15, 0.2) is 0 Å². The van der Waals surface area contributed by atoms with E-state index in [1.807, 2.05) is 13.8 Å². The maximum atomic E-state index is 11.6. The Hall–Kier alpha value is -0.120. The van der Waals surface area contributed by atoms with Gasteiger partial charge in [-0.25, -0.2) is 0 Å². The summed E-state index contributed by atoms with van der Waals surface area (Å²) in [7, 11) is 0.